The van der Waals surface area contributed by atoms with Gasteiger partial charge in [0.1, 0.15) is 17.1 Å². The fourth-order valence-electron chi connectivity index (χ4n) is 3.54. The predicted octanol–water partition coefficient (Wildman–Crippen LogP) is 3.41. The van der Waals surface area contributed by atoms with E-state index in [1.54, 1.807) is 6.08 Å². The lowest BCUT2D eigenvalue weighted by Crippen LogP contribution is -2.55. The van der Waals surface area contributed by atoms with Crippen molar-refractivity contribution in [3.63, 3.8) is 0 Å². The van der Waals surface area contributed by atoms with Gasteiger partial charge in [0.05, 0.1) is 7.11 Å². The fourth-order valence-corrected chi connectivity index (χ4v) is 3.54. The number of hydrogen-bond donors (Lipinski definition) is 1. The second-order valence-corrected chi connectivity index (χ2v) is 7.02. The molecule has 0 bridgehead atoms. The molecule has 1 amide bonds. The van der Waals surface area contributed by atoms with Gasteiger partial charge in [0, 0.05) is 12.0 Å². The van der Waals surface area contributed by atoms with Gasteiger partial charge in [-0.1, -0.05) is 26.2 Å². The number of furan rings is 1. The van der Waals surface area contributed by atoms with Crippen molar-refractivity contribution in [1.82, 2.24) is 5.32 Å². The molecule has 0 aliphatic heterocycles. The summed E-state index contributed by atoms with van der Waals surface area (Å²) in [4.78, 5) is 24.4. The van der Waals surface area contributed by atoms with E-state index in [0.717, 1.165) is 25.0 Å². The van der Waals surface area contributed by atoms with E-state index in [9.17, 15) is 9.59 Å². The maximum Gasteiger partial charge on any atom is 0.331 e. The molecule has 2 aliphatic carbocycles. The minimum atomic E-state index is -0.883. The third-order valence-electron chi connectivity index (χ3n) is 5.17. The number of esters is 1. The van der Waals surface area contributed by atoms with Crippen LogP contribution in [0.5, 0.6) is 0 Å². The molecule has 5 heteroatoms. The Balaban J connectivity index is 1.63. The van der Waals surface area contributed by atoms with Gasteiger partial charge in [-0.3, -0.25) is 4.79 Å². The van der Waals surface area contributed by atoms with Gasteiger partial charge < -0.3 is 14.5 Å². The minimum Gasteiger partial charge on any atom is -0.467 e. The SMILES string of the molecule is COC(=O)C1(NC(=O)/C=C/c2ccc(C3CC3C)o2)CCCCC1. The van der Waals surface area contributed by atoms with Crippen LogP contribution in [-0.4, -0.2) is 24.5 Å². The Labute approximate surface area is 142 Å². The number of hydrogen-bond acceptors (Lipinski definition) is 4. The first-order chi connectivity index (χ1) is 11.5. The number of ether oxygens (including phenoxy) is 1. The van der Waals surface area contributed by atoms with Gasteiger partial charge in [0.2, 0.25) is 5.91 Å². The smallest absolute Gasteiger partial charge is 0.331 e. The van der Waals surface area contributed by atoms with E-state index in [-0.39, 0.29) is 11.9 Å². The van der Waals surface area contributed by atoms with E-state index in [2.05, 4.69) is 12.2 Å². The molecule has 2 saturated carbocycles. The molecule has 5 nitrogen and oxygen atoms in total. The van der Waals surface area contributed by atoms with Crippen molar-refractivity contribution in [3.8, 4) is 0 Å². The number of amides is 1. The van der Waals surface area contributed by atoms with Crippen molar-refractivity contribution in [2.45, 2.75) is 56.9 Å². The van der Waals surface area contributed by atoms with Crippen LogP contribution in [0.3, 0.4) is 0 Å². The van der Waals surface area contributed by atoms with E-state index >= 15 is 0 Å². The second-order valence-electron chi connectivity index (χ2n) is 7.02. The molecular formula is C19H25NO4. The lowest BCUT2D eigenvalue weighted by atomic mass is 9.81. The quantitative estimate of drug-likeness (QED) is 0.663. The van der Waals surface area contributed by atoms with E-state index in [4.69, 9.17) is 9.15 Å². The Morgan fingerprint density at radius 1 is 1.29 bits per heavy atom. The second kappa shape index (κ2) is 6.83. The molecule has 2 aliphatic rings. The number of methoxy groups -OCH3 is 1. The first-order valence-corrected chi connectivity index (χ1v) is 8.72. The van der Waals surface area contributed by atoms with Crippen LogP contribution in [0.1, 0.15) is 62.9 Å². The summed E-state index contributed by atoms with van der Waals surface area (Å²) in [6.07, 6.45) is 8.42. The molecule has 1 aromatic heterocycles. The molecule has 2 unspecified atom stereocenters. The molecule has 130 valence electrons. The summed E-state index contributed by atoms with van der Waals surface area (Å²) >= 11 is 0. The van der Waals surface area contributed by atoms with Gasteiger partial charge >= 0.3 is 5.97 Å². The predicted molar refractivity (Wildman–Crippen MR) is 90.2 cm³/mol. The lowest BCUT2D eigenvalue weighted by molar-refractivity contribution is -0.152. The zero-order chi connectivity index (χ0) is 17.2. The maximum atomic E-state index is 12.3. The molecule has 1 N–H and O–H groups in total. The fraction of sp³-hybridized carbons (Fsp3) is 0.579. The van der Waals surface area contributed by atoms with Gasteiger partial charge in [0.15, 0.2) is 0 Å². The number of carbonyl (C=O) groups excluding carboxylic acids is 2. The maximum absolute atomic E-state index is 12.3. The van der Waals surface area contributed by atoms with Crippen LogP contribution in [0.25, 0.3) is 6.08 Å². The molecule has 1 heterocycles. The molecule has 0 spiro atoms. The van der Waals surface area contributed by atoms with Crippen LogP contribution in [0.4, 0.5) is 0 Å². The van der Waals surface area contributed by atoms with Gasteiger partial charge in [0.25, 0.3) is 0 Å². The van der Waals surface area contributed by atoms with Crippen molar-refractivity contribution < 1.29 is 18.7 Å². The van der Waals surface area contributed by atoms with Crippen molar-refractivity contribution in [1.29, 1.82) is 0 Å². The first-order valence-electron chi connectivity index (χ1n) is 8.72. The first kappa shape index (κ1) is 16.8. The topological polar surface area (TPSA) is 68.5 Å². The zero-order valence-corrected chi connectivity index (χ0v) is 14.3. The molecule has 0 radical (unpaired) electrons. The average molecular weight is 331 g/mol. The summed E-state index contributed by atoms with van der Waals surface area (Å²) in [7, 11) is 1.37. The number of rotatable bonds is 5. The molecule has 0 saturated heterocycles. The largest absolute Gasteiger partial charge is 0.467 e. The standard InChI is InChI=1S/C19H25NO4/c1-13-12-15(13)16-8-6-14(24-16)7-9-17(21)20-19(18(22)23-2)10-4-3-5-11-19/h6-9,13,15H,3-5,10-12H2,1-2H3,(H,20,21)/b9-7+. The van der Waals surface area contributed by atoms with E-state index in [1.165, 1.54) is 19.6 Å². The Bertz CT molecular complexity index is 640. The van der Waals surface area contributed by atoms with Crippen LogP contribution < -0.4 is 5.32 Å². The van der Waals surface area contributed by atoms with E-state index < -0.39 is 5.54 Å². The summed E-state index contributed by atoms with van der Waals surface area (Å²) in [5.41, 5.74) is -0.883. The van der Waals surface area contributed by atoms with Crippen LogP contribution in [0.2, 0.25) is 0 Å². The van der Waals surface area contributed by atoms with Gasteiger partial charge in [-0.05, 0) is 43.4 Å². The minimum absolute atomic E-state index is 0.292. The Hall–Kier alpha value is -2.04. The summed E-state index contributed by atoms with van der Waals surface area (Å²) < 4.78 is 10.7. The summed E-state index contributed by atoms with van der Waals surface area (Å²) in [5.74, 6) is 2.20. The van der Waals surface area contributed by atoms with Crippen molar-refractivity contribution in [2.24, 2.45) is 5.92 Å². The average Bonchev–Trinajstić information content (AvgIpc) is 3.13. The van der Waals surface area contributed by atoms with Crippen molar-refractivity contribution in [3.05, 3.63) is 29.7 Å². The molecule has 24 heavy (non-hydrogen) atoms. The monoisotopic (exact) mass is 331 g/mol. The highest BCUT2D eigenvalue weighted by Gasteiger charge is 2.41. The molecule has 3 rings (SSSR count). The third-order valence-corrected chi connectivity index (χ3v) is 5.17. The van der Waals surface area contributed by atoms with E-state index in [1.807, 2.05) is 12.1 Å². The highest BCUT2D eigenvalue weighted by molar-refractivity contribution is 5.96. The van der Waals surface area contributed by atoms with Crippen molar-refractivity contribution >= 4 is 18.0 Å². The molecule has 2 fully saturated rings. The number of carbonyl (C=O) groups is 2. The zero-order valence-electron chi connectivity index (χ0n) is 14.3. The highest BCUT2D eigenvalue weighted by Crippen LogP contribution is 2.47. The molecule has 2 atom stereocenters. The molecule has 0 aromatic carbocycles. The Morgan fingerprint density at radius 3 is 2.62 bits per heavy atom. The Morgan fingerprint density at radius 2 is 2.00 bits per heavy atom. The van der Waals surface area contributed by atoms with Crippen LogP contribution in [-0.2, 0) is 14.3 Å². The Kier molecular flexibility index (Phi) is 4.78. The van der Waals surface area contributed by atoms with Gasteiger partial charge in [-0.2, -0.15) is 0 Å². The van der Waals surface area contributed by atoms with Crippen LogP contribution in [0.15, 0.2) is 22.6 Å². The molecule has 1 aromatic rings. The van der Waals surface area contributed by atoms with Gasteiger partial charge in [-0.25, -0.2) is 4.79 Å². The van der Waals surface area contributed by atoms with Crippen molar-refractivity contribution in [2.75, 3.05) is 7.11 Å². The summed E-state index contributed by atoms with van der Waals surface area (Å²) in [6.45, 7) is 2.20. The van der Waals surface area contributed by atoms with Crippen LogP contribution in [0, 0.1) is 5.92 Å². The highest BCUT2D eigenvalue weighted by atomic mass is 16.5. The summed E-state index contributed by atoms with van der Waals surface area (Å²) in [6, 6.07) is 3.85. The summed E-state index contributed by atoms with van der Waals surface area (Å²) in [5, 5.41) is 2.86. The lowest BCUT2D eigenvalue weighted by Gasteiger charge is -2.34. The van der Waals surface area contributed by atoms with Crippen LogP contribution >= 0.6 is 0 Å². The normalized spacial score (nSPS) is 25.4. The van der Waals surface area contributed by atoms with Gasteiger partial charge in [-0.15, -0.1) is 0 Å². The van der Waals surface area contributed by atoms with E-state index in [0.29, 0.717) is 30.4 Å². The third kappa shape index (κ3) is 3.55. The number of nitrogens with one attached hydrogen (secondary N) is 1. The molecular weight excluding hydrogens is 306 g/mol.